The summed E-state index contributed by atoms with van der Waals surface area (Å²) in [6.45, 7) is 0. The third kappa shape index (κ3) is 6.21. The fourth-order valence-corrected chi connectivity index (χ4v) is 4.84. The van der Waals surface area contributed by atoms with Crippen LogP contribution in [-0.4, -0.2) is 52.9 Å². The van der Waals surface area contributed by atoms with Crippen molar-refractivity contribution in [3.63, 3.8) is 0 Å². The Kier molecular flexibility index (Phi) is 8.58. The second kappa shape index (κ2) is 11.6. The molecule has 0 spiro atoms. The lowest BCUT2D eigenvalue weighted by atomic mass is 9.96. The zero-order chi connectivity index (χ0) is 28.0. The number of nitrogens with zero attached hydrogens (tertiary/aromatic N) is 1. The van der Waals surface area contributed by atoms with Gasteiger partial charge in [-0.05, 0) is 29.8 Å². The Morgan fingerprint density at radius 3 is 2.05 bits per heavy atom. The summed E-state index contributed by atoms with van der Waals surface area (Å²) in [5, 5.41) is 21.9. The number of ether oxygens (including phenoxy) is 4. The van der Waals surface area contributed by atoms with Crippen LogP contribution in [0, 0.1) is 10.1 Å². The normalized spacial score (nSPS) is 11.3. The summed E-state index contributed by atoms with van der Waals surface area (Å²) >= 11 is 0. The Labute approximate surface area is 218 Å². The van der Waals surface area contributed by atoms with Gasteiger partial charge in [0.05, 0.1) is 50.2 Å². The molecular weight excluding hydrogens is 518 g/mol. The summed E-state index contributed by atoms with van der Waals surface area (Å²) in [5.74, 6) is -0.389. The topological polar surface area (TPSA) is 151 Å². The molecule has 0 saturated carbocycles. The molecule has 0 amide bonds. The number of carbonyl (C=O) groups is 1. The number of nitro benzene ring substituents is 1. The van der Waals surface area contributed by atoms with Crippen LogP contribution in [-0.2, 0) is 15.6 Å². The van der Waals surface area contributed by atoms with E-state index in [2.05, 4.69) is 0 Å². The van der Waals surface area contributed by atoms with E-state index in [0.717, 1.165) is 23.6 Å². The van der Waals surface area contributed by atoms with Gasteiger partial charge in [-0.3, -0.25) is 10.1 Å². The van der Waals surface area contributed by atoms with Gasteiger partial charge in [0.1, 0.15) is 23.0 Å². The number of aromatic carboxylic acids is 1. The Bertz CT molecular complexity index is 1490. The highest BCUT2D eigenvalue weighted by Gasteiger charge is 2.21. The maximum absolute atomic E-state index is 13.0. The van der Waals surface area contributed by atoms with Crippen molar-refractivity contribution in [3.8, 4) is 34.1 Å². The summed E-state index contributed by atoms with van der Waals surface area (Å²) < 4.78 is 47.2. The van der Waals surface area contributed by atoms with E-state index in [1.54, 1.807) is 12.1 Å². The summed E-state index contributed by atoms with van der Waals surface area (Å²) in [6.07, 6.45) is 1.35. The number of methoxy groups -OCH3 is 4. The molecule has 3 aromatic carbocycles. The third-order valence-electron chi connectivity index (χ3n) is 5.56. The first-order valence-electron chi connectivity index (χ1n) is 10.9. The Morgan fingerprint density at radius 2 is 1.53 bits per heavy atom. The van der Waals surface area contributed by atoms with Gasteiger partial charge in [0.2, 0.25) is 0 Å². The molecule has 3 rings (SSSR count). The zero-order valence-corrected chi connectivity index (χ0v) is 21.8. The first-order valence-corrected chi connectivity index (χ1v) is 12.6. The molecule has 0 saturated heterocycles. The highest BCUT2D eigenvalue weighted by atomic mass is 32.2. The molecule has 0 aromatic heterocycles. The number of carboxylic acid groups (broad SMARTS) is 1. The molecule has 0 heterocycles. The van der Waals surface area contributed by atoms with Crippen LogP contribution in [0.15, 0.2) is 53.9 Å². The van der Waals surface area contributed by atoms with Crippen molar-refractivity contribution in [2.24, 2.45) is 0 Å². The number of hydrogen-bond donors (Lipinski definition) is 1. The van der Waals surface area contributed by atoms with Gasteiger partial charge in [0.25, 0.3) is 5.69 Å². The summed E-state index contributed by atoms with van der Waals surface area (Å²) in [7, 11) is 1.83. The van der Waals surface area contributed by atoms with Gasteiger partial charge in [-0.15, -0.1) is 0 Å². The fraction of sp³-hybridized carbons (Fsp3) is 0.192. The number of rotatable bonds is 11. The number of carboxylic acids is 1. The second-order valence-corrected chi connectivity index (χ2v) is 9.77. The number of hydrogen-bond acceptors (Lipinski definition) is 9. The van der Waals surface area contributed by atoms with Crippen molar-refractivity contribution in [1.29, 1.82) is 0 Å². The highest BCUT2D eigenvalue weighted by Crippen LogP contribution is 2.37. The van der Waals surface area contributed by atoms with E-state index < -0.39 is 26.5 Å². The lowest BCUT2D eigenvalue weighted by Gasteiger charge is -2.13. The van der Waals surface area contributed by atoms with E-state index in [-0.39, 0.29) is 28.1 Å². The Morgan fingerprint density at radius 1 is 0.895 bits per heavy atom. The Hall–Kier alpha value is -4.58. The molecule has 0 bridgehead atoms. The molecule has 3 aromatic rings. The van der Waals surface area contributed by atoms with Crippen LogP contribution in [0.1, 0.15) is 21.5 Å². The van der Waals surface area contributed by atoms with E-state index in [9.17, 15) is 28.4 Å². The molecule has 0 aliphatic heterocycles. The molecule has 11 nitrogen and oxygen atoms in total. The lowest BCUT2D eigenvalue weighted by Crippen LogP contribution is -2.04. The molecule has 38 heavy (non-hydrogen) atoms. The van der Waals surface area contributed by atoms with Crippen LogP contribution in [0.5, 0.6) is 23.0 Å². The van der Waals surface area contributed by atoms with Crippen LogP contribution in [0.2, 0.25) is 0 Å². The van der Waals surface area contributed by atoms with Crippen LogP contribution in [0.3, 0.4) is 0 Å². The van der Waals surface area contributed by atoms with Crippen LogP contribution in [0.25, 0.3) is 17.2 Å². The number of nitro groups is 1. The first-order chi connectivity index (χ1) is 18.0. The molecule has 200 valence electrons. The van der Waals surface area contributed by atoms with Gasteiger partial charge in [-0.25, -0.2) is 13.2 Å². The monoisotopic (exact) mass is 543 g/mol. The molecule has 0 aliphatic rings. The fourth-order valence-electron chi connectivity index (χ4n) is 3.76. The van der Waals surface area contributed by atoms with E-state index in [0.29, 0.717) is 28.4 Å². The van der Waals surface area contributed by atoms with Crippen LogP contribution in [0.4, 0.5) is 5.69 Å². The minimum atomic E-state index is -3.85. The van der Waals surface area contributed by atoms with Crippen LogP contribution < -0.4 is 18.9 Å². The van der Waals surface area contributed by atoms with Crippen molar-refractivity contribution in [2.45, 2.75) is 5.75 Å². The van der Waals surface area contributed by atoms with Gasteiger partial charge >= 0.3 is 5.97 Å². The maximum atomic E-state index is 13.0. The molecule has 0 fully saturated rings. The van der Waals surface area contributed by atoms with Gasteiger partial charge in [0.15, 0.2) is 9.84 Å². The minimum Gasteiger partial charge on any atom is -0.496 e. The third-order valence-corrected chi connectivity index (χ3v) is 6.85. The molecule has 0 unspecified atom stereocenters. The van der Waals surface area contributed by atoms with Crippen molar-refractivity contribution < 1.29 is 42.2 Å². The summed E-state index contributed by atoms with van der Waals surface area (Å²) in [5.41, 5.74) is 0.386. The van der Waals surface area contributed by atoms with Gasteiger partial charge in [0, 0.05) is 40.8 Å². The lowest BCUT2D eigenvalue weighted by molar-refractivity contribution is -0.384. The average Bonchev–Trinajstić information content (AvgIpc) is 2.90. The SMILES string of the molecule is COc1cc(OC)c(/C=C/S(=O)(=O)Cc2ccc(OC)c(-c3cc([N+](=O)[O-])ccc3C(=O)O)c2)c(OC)c1. The quantitative estimate of drug-likeness (QED) is 0.269. The van der Waals surface area contributed by atoms with Crippen molar-refractivity contribution >= 4 is 27.6 Å². The van der Waals surface area contributed by atoms with E-state index in [4.69, 9.17) is 18.9 Å². The molecule has 0 aliphatic carbocycles. The second-order valence-electron chi connectivity index (χ2n) is 7.88. The van der Waals surface area contributed by atoms with E-state index in [1.807, 2.05) is 0 Å². The number of benzene rings is 3. The average molecular weight is 544 g/mol. The predicted octanol–water partition coefficient (Wildman–Crippen LogP) is 4.58. The van der Waals surface area contributed by atoms with Gasteiger partial charge in [-0.1, -0.05) is 6.07 Å². The largest absolute Gasteiger partial charge is 0.496 e. The zero-order valence-electron chi connectivity index (χ0n) is 21.0. The summed E-state index contributed by atoms with van der Waals surface area (Å²) in [4.78, 5) is 22.5. The smallest absolute Gasteiger partial charge is 0.336 e. The summed E-state index contributed by atoms with van der Waals surface area (Å²) in [6, 6.07) is 10.9. The molecular formula is C26H25NO10S. The highest BCUT2D eigenvalue weighted by molar-refractivity contribution is 7.93. The van der Waals surface area contributed by atoms with Gasteiger partial charge in [-0.2, -0.15) is 0 Å². The molecule has 1 N–H and O–H groups in total. The van der Waals surface area contributed by atoms with Gasteiger partial charge < -0.3 is 24.1 Å². The van der Waals surface area contributed by atoms with Crippen molar-refractivity contribution in [3.05, 3.63) is 80.7 Å². The maximum Gasteiger partial charge on any atom is 0.336 e. The Balaban J connectivity index is 2.04. The molecule has 12 heteroatoms. The standard InChI is InChI=1S/C26H25NO10S/c1-34-18-13-24(36-3)20(25(14-18)37-4)9-10-38(32,33)15-16-5-8-23(35-2)22(11-16)21-12-17(27(30)31)6-7-19(21)26(28)29/h5-14H,15H2,1-4H3,(H,28,29)/b10-9+. The predicted molar refractivity (Wildman–Crippen MR) is 140 cm³/mol. The van der Waals surface area contributed by atoms with Crippen molar-refractivity contribution in [1.82, 2.24) is 0 Å². The first kappa shape index (κ1) is 28.0. The molecule has 0 atom stereocenters. The van der Waals surface area contributed by atoms with Crippen LogP contribution >= 0.6 is 0 Å². The molecule has 0 radical (unpaired) electrons. The number of non-ortho nitro benzene ring substituents is 1. The van der Waals surface area contributed by atoms with Crippen molar-refractivity contribution in [2.75, 3.05) is 28.4 Å². The minimum absolute atomic E-state index is 0.0195. The number of sulfone groups is 1. The van der Waals surface area contributed by atoms with E-state index >= 15 is 0 Å². The van der Waals surface area contributed by atoms with E-state index in [1.165, 1.54) is 52.7 Å².